The number of hydrogen-bond donors (Lipinski definition) is 1. The van der Waals surface area contributed by atoms with Crippen LogP contribution in [-0.2, 0) is 16.1 Å². The number of rotatable bonds is 7. The van der Waals surface area contributed by atoms with Crippen LogP contribution < -0.4 is 5.32 Å². The Labute approximate surface area is 149 Å². The summed E-state index contributed by atoms with van der Waals surface area (Å²) < 4.78 is 1.85. The Morgan fingerprint density at radius 3 is 2.83 bits per heavy atom. The molecule has 1 aromatic heterocycles. The lowest BCUT2D eigenvalue weighted by Crippen LogP contribution is -2.36. The Balaban J connectivity index is 1.83. The van der Waals surface area contributed by atoms with Crippen LogP contribution in [-0.4, -0.2) is 50.8 Å². The largest absolute Gasteiger partial charge is 0.336 e. The van der Waals surface area contributed by atoms with Crippen molar-refractivity contribution in [1.29, 1.82) is 0 Å². The van der Waals surface area contributed by atoms with Crippen LogP contribution in [0.15, 0.2) is 35.7 Å². The predicted octanol–water partition coefficient (Wildman–Crippen LogP) is 2.14. The van der Waals surface area contributed by atoms with Gasteiger partial charge in [0.05, 0.1) is 23.0 Å². The molecule has 2 rings (SSSR count). The molecule has 0 bridgehead atoms. The molecule has 128 valence electrons. The average Bonchev–Trinajstić information content (AvgIpc) is 3.02. The molecule has 0 aliphatic rings. The van der Waals surface area contributed by atoms with Crippen LogP contribution in [0.2, 0.25) is 5.02 Å². The number of nitrogens with zero attached hydrogens (tertiary/aromatic N) is 4. The van der Waals surface area contributed by atoms with E-state index in [0.29, 0.717) is 15.9 Å². The highest BCUT2D eigenvalue weighted by Gasteiger charge is 2.15. The summed E-state index contributed by atoms with van der Waals surface area (Å²) in [6.45, 7) is 2.66. The number of aryl methyl sites for hydroxylation is 1. The van der Waals surface area contributed by atoms with Gasteiger partial charge in [-0.15, -0.1) is 10.2 Å². The topological polar surface area (TPSA) is 80.1 Å². The molecule has 0 aliphatic carbocycles. The van der Waals surface area contributed by atoms with Crippen LogP contribution in [0.25, 0.3) is 0 Å². The van der Waals surface area contributed by atoms with Gasteiger partial charge in [0.15, 0.2) is 5.16 Å². The first-order chi connectivity index (χ1) is 11.5. The molecule has 1 heterocycles. The fourth-order valence-electron chi connectivity index (χ4n) is 1.87. The number of carbonyl (C=O) groups excluding carboxylic acids is 2. The smallest absolute Gasteiger partial charge is 0.244 e. The van der Waals surface area contributed by atoms with Gasteiger partial charge in [-0.3, -0.25) is 9.59 Å². The first-order valence-electron chi connectivity index (χ1n) is 7.30. The zero-order valence-electron chi connectivity index (χ0n) is 13.4. The maximum atomic E-state index is 12.1. The van der Waals surface area contributed by atoms with Crippen molar-refractivity contribution in [2.45, 2.75) is 18.6 Å². The van der Waals surface area contributed by atoms with E-state index in [1.165, 1.54) is 16.7 Å². The lowest BCUT2D eigenvalue weighted by molar-refractivity contribution is -0.131. The fraction of sp³-hybridized carbons (Fsp3) is 0.333. The lowest BCUT2D eigenvalue weighted by Gasteiger charge is -2.16. The number of para-hydroxylation sites is 1. The van der Waals surface area contributed by atoms with Crippen molar-refractivity contribution < 1.29 is 9.59 Å². The normalized spacial score (nSPS) is 10.5. The van der Waals surface area contributed by atoms with Crippen molar-refractivity contribution in [1.82, 2.24) is 19.7 Å². The van der Waals surface area contributed by atoms with Gasteiger partial charge in [-0.1, -0.05) is 35.5 Å². The molecule has 1 N–H and O–H groups in total. The number of likely N-dealkylation sites (N-methyl/N-ethyl adjacent to an activating group) is 1. The third-order valence-electron chi connectivity index (χ3n) is 3.20. The fourth-order valence-corrected chi connectivity index (χ4v) is 2.97. The Kier molecular flexibility index (Phi) is 6.62. The average molecular weight is 368 g/mol. The standard InChI is InChI=1S/C15H18ClN5O2S/c1-3-21-10-17-19-15(21)24-9-14(23)20(2)8-13(22)18-12-7-5-4-6-11(12)16/h4-7,10H,3,8-9H2,1-2H3,(H,18,22). The summed E-state index contributed by atoms with van der Waals surface area (Å²) in [4.78, 5) is 25.5. The Bertz CT molecular complexity index is 721. The number of nitrogens with one attached hydrogen (secondary N) is 1. The van der Waals surface area contributed by atoms with Gasteiger partial charge >= 0.3 is 0 Å². The molecular formula is C15H18ClN5O2S. The summed E-state index contributed by atoms with van der Waals surface area (Å²) in [5.74, 6) is -0.283. The molecule has 9 heteroatoms. The summed E-state index contributed by atoms with van der Waals surface area (Å²) in [7, 11) is 1.58. The molecule has 24 heavy (non-hydrogen) atoms. The van der Waals surface area contributed by atoms with E-state index < -0.39 is 0 Å². The third-order valence-corrected chi connectivity index (χ3v) is 4.50. The highest BCUT2D eigenvalue weighted by Crippen LogP contribution is 2.20. The van der Waals surface area contributed by atoms with E-state index in [1.807, 2.05) is 11.5 Å². The second kappa shape index (κ2) is 8.70. The van der Waals surface area contributed by atoms with Crippen LogP contribution in [0.3, 0.4) is 0 Å². The molecule has 0 unspecified atom stereocenters. The van der Waals surface area contributed by atoms with Crippen molar-refractivity contribution in [3.63, 3.8) is 0 Å². The van der Waals surface area contributed by atoms with E-state index in [1.54, 1.807) is 37.6 Å². The zero-order valence-corrected chi connectivity index (χ0v) is 15.0. The maximum absolute atomic E-state index is 12.1. The molecule has 0 fully saturated rings. The van der Waals surface area contributed by atoms with Gasteiger partial charge in [-0.2, -0.15) is 0 Å². The van der Waals surface area contributed by atoms with Gasteiger partial charge in [0.25, 0.3) is 0 Å². The molecular weight excluding hydrogens is 350 g/mol. The SMILES string of the molecule is CCn1cnnc1SCC(=O)N(C)CC(=O)Nc1ccccc1Cl. The summed E-state index contributed by atoms with van der Waals surface area (Å²) >= 11 is 7.28. The predicted molar refractivity (Wildman–Crippen MR) is 94.1 cm³/mol. The number of benzene rings is 1. The number of thioether (sulfide) groups is 1. The minimum Gasteiger partial charge on any atom is -0.336 e. The lowest BCUT2D eigenvalue weighted by atomic mass is 10.3. The first kappa shape index (κ1) is 18.3. The van der Waals surface area contributed by atoms with E-state index in [4.69, 9.17) is 11.6 Å². The van der Waals surface area contributed by atoms with Gasteiger partial charge in [-0.05, 0) is 19.1 Å². The molecule has 2 amide bonds. The molecule has 0 saturated heterocycles. The first-order valence-corrected chi connectivity index (χ1v) is 8.66. The third kappa shape index (κ3) is 4.97. The number of hydrogen-bond acceptors (Lipinski definition) is 5. The minimum atomic E-state index is -0.305. The highest BCUT2D eigenvalue weighted by atomic mass is 35.5. The van der Waals surface area contributed by atoms with Gasteiger partial charge in [0, 0.05) is 13.6 Å². The number of aromatic nitrogens is 3. The summed E-state index contributed by atoms with van der Waals surface area (Å²) in [5.41, 5.74) is 0.524. The van der Waals surface area contributed by atoms with Crippen LogP contribution >= 0.6 is 23.4 Å². The van der Waals surface area contributed by atoms with Crippen LogP contribution in [0.1, 0.15) is 6.92 Å². The molecule has 1 aromatic carbocycles. The van der Waals surface area contributed by atoms with Crippen molar-refractivity contribution in [3.8, 4) is 0 Å². The van der Waals surface area contributed by atoms with E-state index >= 15 is 0 Å². The molecule has 0 aliphatic heterocycles. The number of amides is 2. The van der Waals surface area contributed by atoms with E-state index in [-0.39, 0.29) is 24.1 Å². The molecule has 0 radical (unpaired) electrons. The molecule has 0 saturated carbocycles. The van der Waals surface area contributed by atoms with Crippen molar-refractivity contribution in [2.24, 2.45) is 0 Å². The number of anilines is 1. The van der Waals surface area contributed by atoms with Crippen LogP contribution in [0.5, 0.6) is 0 Å². The van der Waals surface area contributed by atoms with Gasteiger partial charge in [0.2, 0.25) is 11.8 Å². The second-order valence-corrected chi connectivity index (χ2v) is 6.32. The van der Waals surface area contributed by atoms with Crippen molar-refractivity contribution in [2.75, 3.05) is 24.7 Å². The van der Waals surface area contributed by atoms with Crippen molar-refractivity contribution >= 4 is 40.9 Å². The van der Waals surface area contributed by atoms with Crippen LogP contribution in [0.4, 0.5) is 5.69 Å². The molecule has 7 nitrogen and oxygen atoms in total. The maximum Gasteiger partial charge on any atom is 0.244 e. The second-order valence-electron chi connectivity index (χ2n) is 4.97. The van der Waals surface area contributed by atoms with E-state index in [2.05, 4.69) is 15.5 Å². The number of carbonyl (C=O) groups is 2. The van der Waals surface area contributed by atoms with E-state index in [9.17, 15) is 9.59 Å². The highest BCUT2D eigenvalue weighted by molar-refractivity contribution is 7.99. The summed E-state index contributed by atoms with van der Waals surface area (Å²) in [6.07, 6.45) is 1.62. The Morgan fingerprint density at radius 1 is 1.38 bits per heavy atom. The quantitative estimate of drug-likeness (QED) is 0.758. The Hall–Kier alpha value is -2.06. The number of halogens is 1. The molecule has 0 spiro atoms. The minimum absolute atomic E-state index is 0.0505. The molecule has 0 atom stereocenters. The van der Waals surface area contributed by atoms with Gasteiger partial charge in [-0.25, -0.2) is 0 Å². The summed E-state index contributed by atoms with van der Waals surface area (Å²) in [6, 6.07) is 6.94. The van der Waals surface area contributed by atoms with Gasteiger partial charge in [0.1, 0.15) is 6.33 Å². The summed E-state index contributed by atoms with van der Waals surface area (Å²) in [5, 5.41) is 11.6. The van der Waals surface area contributed by atoms with E-state index in [0.717, 1.165) is 6.54 Å². The molecule has 2 aromatic rings. The Morgan fingerprint density at radius 2 is 2.12 bits per heavy atom. The van der Waals surface area contributed by atoms with Crippen LogP contribution in [0, 0.1) is 0 Å². The van der Waals surface area contributed by atoms with Crippen molar-refractivity contribution in [3.05, 3.63) is 35.6 Å². The zero-order chi connectivity index (χ0) is 17.5. The monoisotopic (exact) mass is 367 g/mol. The van der Waals surface area contributed by atoms with Gasteiger partial charge < -0.3 is 14.8 Å².